The molecule has 7 rings (SSSR count). The summed E-state index contributed by atoms with van der Waals surface area (Å²) in [4.78, 5) is 4.69. The van der Waals surface area contributed by atoms with Crippen LogP contribution in [-0.2, 0) is 0 Å². The second-order valence-corrected chi connectivity index (χ2v) is 12.1. The van der Waals surface area contributed by atoms with Gasteiger partial charge in [-0.1, -0.05) is 24.3 Å². The molecule has 0 bridgehead atoms. The molecule has 4 aromatic carbocycles. The fourth-order valence-corrected chi connectivity index (χ4v) is 6.86. The Labute approximate surface area is 269 Å². The second-order valence-electron chi connectivity index (χ2n) is 12.1. The molecule has 0 unspecified atom stereocenters. The Balaban J connectivity index is 1.29. The molecule has 0 aliphatic rings. The Kier molecular flexibility index (Phi) is 7.16. The lowest BCUT2D eigenvalue weighted by molar-refractivity contribution is 0.414. The minimum Gasteiger partial charge on any atom is -0.497 e. The summed E-state index contributed by atoms with van der Waals surface area (Å²) in [6.07, 6.45) is 1.77. The fraction of sp³-hybridized carbons (Fsp3) is 0.200. The van der Waals surface area contributed by atoms with E-state index >= 15 is 0 Å². The molecule has 6 nitrogen and oxygen atoms in total. The number of hydrogen-bond acceptors (Lipinski definition) is 4. The van der Waals surface area contributed by atoms with Crippen molar-refractivity contribution < 1.29 is 9.47 Å². The monoisotopic (exact) mass is 606 g/mol. The maximum atomic E-state index is 6.53. The summed E-state index contributed by atoms with van der Waals surface area (Å²) < 4.78 is 16.2. The summed E-state index contributed by atoms with van der Waals surface area (Å²) in [5.74, 6) is 3.02. The molecule has 0 spiro atoms. The molecule has 46 heavy (non-hydrogen) atoms. The zero-order chi connectivity index (χ0) is 32.3. The first-order valence-electron chi connectivity index (χ1n) is 15.6. The largest absolute Gasteiger partial charge is 0.497 e. The summed E-state index contributed by atoms with van der Waals surface area (Å²) in [6.45, 7) is 15.4. The molecule has 6 heteroatoms. The minimum absolute atomic E-state index is 0.738. The van der Waals surface area contributed by atoms with Crippen molar-refractivity contribution in [3.05, 3.63) is 124 Å². The van der Waals surface area contributed by atoms with Gasteiger partial charge in [-0.15, -0.1) is 0 Å². The maximum Gasteiger partial charge on any atom is 0.141 e. The van der Waals surface area contributed by atoms with E-state index in [9.17, 15) is 0 Å². The van der Waals surface area contributed by atoms with Crippen molar-refractivity contribution in [2.24, 2.45) is 0 Å². The molecule has 0 fully saturated rings. The molecule has 230 valence electrons. The Bertz CT molecular complexity index is 2280. The molecule has 0 saturated heterocycles. The molecule has 7 aromatic rings. The van der Waals surface area contributed by atoms with Crippen LogP contribution in [0.3, 0.4) is 0 Å². The Morgan fingerprint density at radius 3 is 2.04 bits per heavy atom. The van der Waals surface area contributed by atoms with Crippen LogP contribution in [0.4, 0.5) is 0 Å². The van der Waals surface area contributed by atoms with Gasteiger partial charge in [0.05, 0.1) is 29.5 Å². The molecule has 0 aliphatic carbocycles. The number of fused-ring (bicyclic) bond motifs is 3. The summed E-state index contributed by atoms with van der Waals surface area (Å²) >= 11 is 0. The van der Waals surface area contributed by atoms with Crippen molar-refractivity contribution in [1.82, 2.24) is 19.3 Å². The van der Waals surface area contributed by atoms with Crippen molar-refractivity contribution in [3.63, 3.8) is 0 Å². The minimum atomic E-state index is 0.738. The molecule has 0 aliphatic heterocycles. The molecule has 0 atom stereocenters. The van der Waals surface area contributed by atoms with Crippen molar-refractivity contribution >= 4 is 21.8 Å². The number of rotatable bonds is 6. The number of benzene rings is 4. The fourth-order valence-electron chi connectivity index (χ4n) is 6.86. The maximum absolute atomic E-state index is 6.53. The zero-order valence-electron chi connectivity index (χ0n) is 27.7. The topological polar surface area (TPSA) is 54.1 Å². The molecule has 0 radical (unpaired) electrons. The van der Waals surface area contributed by atoms with E-state index < -0.39 is 0 Å². The molecule has 0 amide bonds. The van der Waals surface area contributed by atoms with Crippen LogP contribution in [-0.4, -0.2) is 26.4 Å². The van der Waals surface area contributed by atoms with E-state index in [2.05, 4.69) is 107 Å². The van der Waals surface area contributed by atoms with E-state index in [0.717, 1.165) is 61.9 Å². The predicted octanol–water partition coefficient (Wildman–Crippen LogP) is 9.99. The highest BCUT2D eigenvalue weighted by Gasteiger charge is 2.22. The van der Waals surface area contributed by atoms with Crippen LogP contribution in [0.25, 0.3) is 44.4 Å². The Morgan fingerprint density at radius 2 is 1.28 bits per heavy atom. The van der Waals surface area contributed by atoms with Gasteiger partial charge in [-0.2, -0.15) is 5.10 Å². The number of aromatic nitrogens is 4. The highest BCUT2D eigenvalue weighted by molar-refractivity contribution is 6.09. The van der Waals surface area contributed by atoms with Crippen LogP contribution in [0.5, 0.6) is 17.2 Å². The summed E-state index contributed by atoms with van der Waals surface area (Å²) in [5, 5.41) is 7.32. The van der Waals surface area contributed by atoms with Crippen LogP contribution in [0.1, 0.15) is 39.2 Å². The van der Waals surface area contributed by atoms with Crippen molar-refractivity contribution in [3.8, 4) is 39.9 Å². The summed E-state index contributed by atoms with van der Waals surface area (Å²) in [5.41, 5.74) is 14.4. The third kappa shape index (κ3) is 4.64. The summed E-state index contributed by atoms with van der Waals surface area (Å²) in [7, 11) is 1.67. The first-order chi connectivity index (χ1) is 22.2. The molecule has 0 saturated carbocycles. The van der Waals surface area contributed by atoms with Crippen LogP contribution < -0.4 is 9.47 Å². The van der Waals surface area contributed by atoms with Crippen molar-refractivity contribution in [1.29, 1.82) is 0 Å². The van der Waals surface area contributed by atoms with Crippen molar-refractivity contribution in [2.45, 2.75) is 48.5 Å². The number of methoxy groups -OCH3 is 1. The van der Waals surface area contributed by atoms with Crippen LogP contribution >= 0.6 is 0 Å². The van der Waals surface area contributed by atoms with Gasteiger partial charge in [0.2, 0.25) is 0 Å². The van der Waals surface area contributed by atoms with Gasteiger partial charge in [-0.25, -0.2) is 9.67 Å². The number of aryl methyl sites for hydroxylation is 1. The van der Waals surface area contributed by atoms with Gasteiger partial charge in [-0.05, 0) is 118 Å². The lowest BCUT2D eigenvalue weighted by Gasteiger charge is -2.19. The van der Waals surface area contributed by atoms with E-state index in [1.165, 1.54) is 38.9 Å². The number of nitrogens with zero attached hydrogens (tertiary/aromatic N) is 4. The predicted molar refractivity (Wildman–Crippen MR) is 187 cm³/mol. The lowest BCUT2D eigenvalue weighted by Crippen LogP contribution is -2.02. The average Bonchev–Trinajstić information content (AvgIpc) is 3.56. The molecule has 0 N–H and O–H groups in total. The van der Waals surface area contributed by atoms with E-state index in [4.69, 9.17) is 14.6 Å². The van der Waals surface area contributed by atoms with Crippen LogP contribution in [0.2, 0.25) is 0 Å². The van der Waals surface area contributed by atoms with Crippen LogP contribution in [0, 0.1) is 48.5 Å². The highest BCUT2D eigenvalue weighted by Crippen LogP contribution is 2.39. The van der Waals surface area contributed by atoms with Gasteiger partial charge in [0.25, 0.3) is 0 Å². The normalized spacial score (nSPS) is 11.5. The molecule has 3 aromatic heterocycles. The third-order valence-electron chi connectivity index (χ3n) is 9.67. The standard InChI is InChI=1S/C40H38N4O2/c1-23-24(2)26(4)39(27(5)25(23)3)40-28(6)42-44(29(40)7)30-12-11-13-32(20-30)46-33-16-17-35-34-14-9-10-15-36(34)43(37(35)21-33)38-22-31(45-8)18-19-41-38/h9-22H,1-8H3. The number of ether oxygens (including phenoxy) is 2. The number of para-hydroxylation sites is 1. The van der Waals surface area contributed by atoms with E-state index in [-0.39, 0.29) is 0 Å². The molecular weight excluding hydrogens is 568 g/mol. The van der Waals surface area contributed by atoms with E-state index in [1.54, 1.807) is 13.3 Å². The smallest absolute Gasteiger partial charge is 0.141 e. The van der Waals surface area contributed by atoms with Gasteiger partial charge < -0.3 is 9.47 Å². The number of hydrogen-bond donors (Lipinski definition) is 0. The van der Waals surface area contributed by atoms with Gasteiger partial charge in [-0.3, -0.25) is 4.57 Å². The zero-order valence-corrected chi connectivity index (χ0v) is 27.7. The quantitative estimate of drug-likeness (QED) is 0.189. The van der Waals surface area contributed by atoms with Crippen LogP contribution in [0.15, 0.2) is 85.1 Å². The Morgan fingerprint density at radius 1 is 0.587 bits per heavy atom. The van der Waals surface area contributed by atoms with E-state index in [0.29, 0.717) is 0 Å². The van der Waals surface area contributed by atoms with E-state index in [1.807, 2.05) is 35.0 Å². The Hall–Kier alpha value is -5.36. The van der Waals surface area contributed by atoms with Gasteiger partial charge in [0.1, 0.15) is 23.1 Å². The molecule has 3 heterocycles. The first-order valence-corrected chi connectivity index (χ1v) is 15.6. The van der Waals surface area contributed by atoms with Crippen molar-refractivity contribution in [2.75, 3.05) is 7.11 Å². The average molecular weight is 607 g/mol. The molecular formula is C40H38N4O2. The third-order valence-corrected chi connectivity index (χ3v) is 9.67. The SMILES string of the molecule is COc1ccnc(-n2c3ccccc3c3ccc(Oc4cccc(-n5nc(C)c(-c6c(C)c(C)c(C)c(C)c6C)c5C)c4)cc32)c1. The first kappa shape index (κ1) is 29.4. The van der Waals surface area contributed by atoms with Gasteiger partial charge in [0.15, 0.2) is 0 Å². The summed E-state index contributed by atoms with van der Waals surface area (Å²) in [6, 6.07) is 26.6. The highest BCUT2D eigenvalue weighted by atomic mass is 16.5. The van der Waals surface area contributed by atoms with Gasteiger partial charge >= 0.3 is 0 Å². The lowest BCUT2D eigenvalue weighted by atomic mass is 9.85. The number of pyridine rings is 1. The second kappa shape index (κ2) is 11.2. The van der Waals surface area contributed by atoms with Gasteiger partial charge in [0, 0.05) is 46.4 Å².